The molecule has 0 atom stereocenters. The molecular formula is C15H28N4. The van der Waals surface area contributed by atoms with Gasteiger partial charge in [0.1, 0.15) is 17.5 Å². The van der Waals surface area contributed by atoms with Crippen LogP contribution in [0.4, 0.5) is 11.6 Å². The fourth-order valence-electron chi connectivity index (χ4n) is 2.01. The zero-order valence-electron chi connectivity index (χ0n) is 13.0. The Morgan fingerprint density at radius 1 is 1.16 bits per heavy atom. The molecule has 1 heterocycles. The molecular weight excluding hydrogens is 236 g/mol. The van der Waals surface area contributed by atoms with Crippen LogP contribution in [0.2, 0.25) is 0 Å². The van der Waals surface area contributed by atoms with Crippen molar-refractivity contribution in [2.45, 2.75) is 59.9 Å². The third-order valence-corrected chi connectivity index (χ3v) is 3.01. The molecule has 108 valence electrons. The van der Waals surface area contributed by atoms with Crippen LogP contribution in [-0.2, 0) is 6.42 Å². The van der Waals surface area contributed by atoms with E-state index in [1.807, 2.05) is 0 Å². The molecule has 0 saturated heterocycles. The fourth-order valence-corrected chi connectivity index (χ4v) is 2.01. The summed E-state index contributed by atoms with van der Waals surface area (Å²) in [5.41, 5.74) is 0. The Kier molecular flexibility index (Phi) is 6.60. The average Bonchev–Trinajstić information content (AvgIpc) is 2.41. The molecule has 0 radical (unpaired) electrons. The molecule has 0 aromatic carbocycles. The summed E-state index contributed by atoms with van der Waals surface area (Å²) in [6.45, 7) is 12.9. The first-order valence-corrected chi connectivity index (χ1v) is 7.50. The molecule has 0 aliphatic heterocycles. The zero-order chi connectivity index (χ0) is 14.3. The predicted molar refractivity (Wildman–Crippen MR) is 83.0 cm³/mol. The number of hydrogen-bond donors (Lipinski definition) is 1. The van der Waals surface area contributed by atoms with Crippen molar-refractivity contribution in [1.82, 2.24) is 9.97 Å². The molecule has 0 aliphatic rings. The monoisotopic (exact) mass is 264 g/mol. The van der Waals surface area contributed by atoms with Crippen molar-refractivity contribution in [1.29, 1.82) is 0 Å². The SMILES string of the molecule is CCCNc1cc(N(CCC)C(C)C)nc(CC)n1. The lowest BCUT2D eigenvalue weighted by Gasteiger charge is -2.28. The summed E-state index contributed by atoms with van der Waals surface area (Å²) in [6.07, 6.45) is 3.09. The van der Waals surface area contributed by atoms with Gasteiger partial charge < -0.3 is 10.2 Å². The van der Waals surface area contributed by atoms with Gasteiger partial charge in [0.2, 0.25) is 0 Å². The third-order valence-electron chi connectivity index (χ3n) is 3.01. The van der Waals surface area contributed by atoms with E-state index in [0.717, 1.165) is 49.8 Å². The van der Waals surface area contributed by atoms with Crippen molar-refractivity contribution >= 4 is 11.6 Å². The molecule has 0 bridgehead atoms. The third kappa shape index (κ3) is 4.69. The van der Waals surface area contributed by atoms with Gasteiger partial charge in [0.05, 0.1) is 0 Å². The summed E-state index contributed by atoms with van der Waals surface area (Å²) < 4.78 is 0. The molecule has 4 heteroatoms. The van der Waals surface area contributed by atoms with Crippen LogP contribution in [0, 0.1) is 0 Å². The second-order valence-corrected chi connectivity index (χ2v) is 5.10. The second kappa shape index (κ2) is 7.97. The van der Waals surface area contributed by atoms with Gasteiger partial charge in [0, 0.05) is 31.6 Å². The van der Waals surface area contributed by atoms with E-state index in [0.29, 0.717) is 6.04 Å². The minimum Gasteiger partial charge on any atom is -0.370 e. The minimum atomic E-state index is 0.457. The van der Waals surface area contributed by atoms with Gasteiger partial charge in [-0.3, -0.25) is 0 Å². The molecule has 4 nitrogen and oxygen atoms in total. The summed E-state index contributed by atoms with van der Waals surface area (Å²) in [5, 5.41) is 3.37. The Hall–Kier alpha value is -1.32. The molecule has 1 aromatic rings. The van der Waals surface area contributed by atoms with Crippen LogP contribution in [0.1, 0.15) is 53.3 Å². The van der Waals surface area contributed by atoms with Gasteiger partial charge in [-0.25, -0.2) is 9.97 Å². The minimum absolute atomic E-state index is 0.457. The molecule has 0 aliphatic carbocycles. The summed E-state index contributed by atoms with van der Waals surface area (Å²) in [6, 6.07) is 2.53. The van der Waals surface area contributed by atoms with Crippen molar-refractivity contribution < 1.29 is 0 Å². The lowest BCUT2D eigenvalue weighted by Crippen LogP contribution is -2.32. The maximum absolute atomic E-state index is 4.67. The van der Waals surface area contributed by atoms with Crippen LogP contribution in [0.15, 0.2) is 6.07 Å². The highest BCUT2D eigenvalue weighted by atomic mass is 15.2. The summed E-state index contributed by atoms with van der Waals surface area (Å²) >= 11 is 0. The highest BCUT2D eigenvalue weighted by molar-refractivity contribution is 5.50. The van der Waals surface area contributed by atoms with E-state index in [9.17, 15) is 0 Å². The van der Waals surface area contributed by atoms with Crippen LogP contribution >= 0.6 is 0 Å². The van der Waals surface area contributed by atoms with Gasteiger partial charge in [0.25, 0.3) is 0 Å². The summed E-state index contributed by atoms with van der Waals surface area (Å²) in [7, 11) is 0. The predicted octanol–water partition coefficient (Wildman–Crippen LogP) is 3.49. The average molecular weight is 264 g/mol. The first-order valence-electron chi connectivity index (χ1n) is 7.50. The van der Waals surface area contributed by atoms with Crippen molar-refractivity contribution in [2.24, 2.45) is 0 Å². The highest BCUT2D eigenvalue weighted by Crippen LogP contribution is 2.19. The van der Waals surface area contributed by atoms with Gasteiger partial charge in [0.15, 0.2) is 0 Å². The van der Waals surface area contributed by atoms with E-state index >= 15 is 0 Å². The molecule has 0 unspecified atom stereocenters. The maximum atomic E-state index is 4.67. The van der Waals surface area contributed by atoms with Crippen LogP contribution in [-0.4, -0.2) is 29.1 Å². The molecule has 1 rings (SSSR count). The topological polar surface area (TPSA) is 41.0 Å². The second-order valence-electron chi connectivity index (χ2n) is 5.10. The Morgan fingerprint density at radius 3 is 2.42 bits per heavy atom. The van der Waals surface area contributed by atoms with E-state index in [4.69, 9.17) is 0 Å². The van der Waals surface area contributed by atoms with Crippen LogP contribution in [0.5, 0.6) is 0 Å². The number of aryl methyl sites for hydroxylation is 1. The van der Waals surface area contributed by atoms with Gasteiger partial charge in [-0.2, -0.15) is 0 Å². The van der Waals surface area contributed by atoms with Crippen molar-refractivity contribution in [2.75, 3.05) is 23.3 Å². The molecule has 0 saturated carbocycles. The van der Waals surface area contributed by atoms with E-state index in [2.05, 4.69) is 60.9 Å². The van der Waals surface area contributed by atoms with Crippen molar-refractivity contribution in [3.05, 3.63) is 11.9 Å². The number of aromatic nitrogens is 2. The first kappa shape index (κ1) is 15.7. The van der Waals surface area contributed by atoms with Crippen LogP contribution < -0.4 is 10.2 Å². The standard InChI is InChI=1S/C15H28N4/c1-6-9-16-14-11-15(18-13(8-3)17-14)19(10-7-2)12(4)5/h11-12H,6-10H2,1-5H3,(H,16,17,18). The normalized spacial score (nSPS) is 10.8. The largest absolute Gasteiger partial charge is 0.370 e. The summed E-state index contributed by atoms with van der Waals surface area (Å²) in [4.78, 5) is 11.6. The quantitative estimate of drug-likeness (QED) is 0.780. The summed E-state index contributed by atoms with van der Waals surface area (Å²) in [5.74, 6) is 2.91. The van der Waals surface area contributed by atoms with Gasteiger partial charge >= 0.3 is 0 Å². The van der Waals surface area contributed by atoms with E-state index < -0.39 is 0 Å². The van der Waals surface area contributed by atoms with E-state index in [1.165, 1.54) is 0 Å². The van der Waals surface area contributed by atoms with Gasteiger partial charge in [-0.1, -0.05) is 20.8 Å². The Bertz CT molecular complexity index is 376. The molecule has 1 aromatic heterocycles. The Morgan fingerprint density at radius 2 is 1.89 bits per heavy atom. The zero-order valence-corrected chi connectivity index (χ0v) is 13.0. The first-order chi connectivity index (χ1) is 9.12. The van der Waals surface area contributed by atoms with Crippen molar-refractivity contribution in [3.63, 3.8) is 0 Å². The van der Waals surface area contributed by atoms with Crippen LogP contribution in [0.3, 0.4) is 0 Å². The molecule has 19 heavy (non-hydrogen) atoms. The maximum Gasteiger partial charge on any atom is 0.134 e. The van der Waals surface area contributed by atoms with Crippen molar-refractivity contribution in [3.8, 4) is 0 Å². The van der Waals surface area contributed by atoms with Gasteiger partial charge in [-0.05, 0) is 26.7 Å². The van der Waals surface area contributed by atoms with E-state index in [1.54, 1.807) is 0 Å². The number of anilines is 2. The van der Waals surface area contributed by atoms with E-state index in [-0.39, 0.29) is 0 Å². The Balaban J connectivity index is 3.02. The number of hydrogen-bond acceptors (Lipinski definition) is 4. The molecule has 1 N–H and O–H groups in total. The Labute approximate surface area is 117 Å². The number of rotatable bonds is 8. The molecule has 0 fully saturated rings. The molecule has 0 spiro atoms. The van der Waals surface area contributed by atoms with Crippen LogP contribution in [0.25, 0.3) is 0 Å². The molecule has 0 amide bonds. The number of nitrogens with zero attached hydrogens (tertiary/aromatic N) is 3. The fraction of sp³-hybridized carbons (Fsp3) is 0.733. The number of nitrogens with one attached hydrogen (secondary N) is 1. The smallest absolute Gasteiger partial charge is 0.134 e. The van der Waals surface area contributed by atoms with Gasteiger partial charge in [-0.15, -0.1) is 0 Å². The lowest BCUT2D eigenvalue weighted by atomic mass is 10.2. The highest BCUT2D eigenvalue weighted by Gasteiger charge is 2.13. The lowest BCUT2D eigenvalue weighted by molar-refractivity contribution is 0.658.